The molecule has 0 nitrogen and oxygen atoms in total. The number of alkyl halides is 3. The standard InChI is InChI=1S/C3H2Cl3F/c4-2-1-3(5,6)7/h1-2H/b2-1+. The lowest BCUT2D eigenvalue weighted by Gasteiger charge is -1.96. The van der Waals surface area contributed by atoms with Crippen molar-refractivity contribution < 1.29 is 4.39 Å². The molecule has 0 unspecified atom stereocenters. The molecule has 0 aliphatic rings. The quantitative estimate of drug-likeness (QED) is 0.522. The maximum Gasteiger partial charge on any atom is 0.277 e. The van der Waals surface area contributed by atoms with Gasteiger partial charge in [-0.25, -0.2) is 4.39 Å². The monoisotopic (exact) mass is 162 g/mol. The maximum atomic E-state index is 11.7. The third kappa shape index (κ3) is 6.54. The van der Waals surface area contributed by atoms with Crippen molar-refractivity contribution in [2.75, 3.05) is 0 Å². The Labute approximate surface area is 55.9 Å². The Morgan fingerprint density at radius 1 is 1.43 bits per heavy atom. The SMILES string of the molecule is FC(Cl)(Cl)/C=C/Cl. The molecule has 0 amide bonds. The van der Waals surface area contributed by atoms with Crippen LogP contribution in [0.2, 0.25) is 0 Å². The van der Waals surface area contributed by atoms with Gasteiger partial charge in [-0.3, -0.25) is 0 Å². The lowest BCUT2D eigenvalue weighted by atomic mass is 10.7. The van der Waals surface area contributed by atoms with Gasteiger partial charge < -0.3 is 0 Å². The van der Waals surface area contributed by atoms with Crippen LogP contribution in [0.15, 0.2) is 11.6 Å². The van der Waals surface area contributed by atoms with E-state index in [1.165, 1.54) is 0 Å². The minimum Gasteiger partial charge on any atom is -0.203 e. The summed E-state index contributed by atoms with van der Waals surface area (Å²) in [6.45, 7) is 0. The molecule has 0 bridgehead atoms. The highest BCUT2D eigenvalue weighted by Crippen LogP contribution is 2.23. The van der Waals surface area contributed by atoms with E-state index >= 15 is 0 Å². The Bertz CT molecular complexity index is 72.7. The molecule has 0 aliphatic heterocycles. The molecule has 0 N–H and O–H groups in total. The fourth-order valence-corrected chi connectivity index (χ4v) is 0.500. The van der Waals surface area contributed by atoms with Gasteiger partial charge in [-0.2, -0.15) is 0 Å². The summed E-state index contributed by atoms with van der Waals surface area (Å²) in [6, 6.07) is 0. The predicted molar refractivity (Wildman–Crippen MR) is 30.5 cm³/mol. The van der Waals surface area contributed by atoms with Crippen LogP contribution in [0, 0.1) is 0 Å². The minimum absolute atomic E-state index is 0.817. The third-order valence-electron chi connectivity index (χ3n) is 0.252. The van der Waals surface area contributed by atoms with E-state index in [-0.39, 0.29) is 0 Å². The van der Waals surface area contributed by atoms with Gasteiger partial charge in [0.2, 0.25) is 0 Å². The summed E-state index contributed by atoms with van der Waals surface area (Å²) in [5, 5.41) is 0. The van der Waals surface area contributed by atoms with Crippen LogP contribution in [0.25, 0.3) is 0 Å². The van der Waals surface area contributed by atoms with Gasteiger partial charge in [0.25, 0.3) is 4.59 Å². The first-order valence-corrected chi connectivity index (χ1v) is 2.60. The Balaban J connectivity index is 3.56. The van der Waals surface area contributed by atoms with Crippen molar-refractivity contribution in [3.63, 3.8) is 0 Å². The molecule has 7 heavy (non-hydrogen) atoms. The van der Waals surface area contributed by atoms with Crippen molar-refractivity contribution in [3.8, 4) is 0 Å². The Hall–Kier alpha value is 0.540. The van der Waals surface area contributed by atoms with Gasteiger partial charge in [-0.1, -0.05) is 34.8 Å². The highest BCUT2D eigenvalue weighted by atomic mass is 35.5. The van der Waals surface area contributed by atoms with Gasteiger partial charge in [0.05, 0.1) is 0 Å². The number of hydrogen-bond donors (Lipinski definition) is 0. The van der Waals surface area contributed by atoms with Gasteiger partial charge in [0.15, 0.2) is 0 Å². The molecule has 0 saturated heterocycles. The van der Waals surface area contributed by atoms with Crippen LogP contribution < -0.4 is 0 Å². The van der Waals surface area contributed by atoms with Crippen molar-refractivity contribution in [3.05, 3.63) is 11.6 Å². The largest absolute Gasteiger partial charge is 0.277 e. The van der Waals surface area contributed by atoms with Crippen molar-refractivity contribution in [1.29, 1.82) is 0 Å². The molecule has 0 fully saturated rings. The second-order valence-electron chi connectivity index (χ2n) is 0.834. The summed E-state index contributed by atoms with van der Waals surface area (Å²) in [5.74, 6) is 0. The molecule has 0 atom stereocenters. The first kappa shape index (κ1) is 7.54. The topological polar surface area (TPSA) is 0 Å². The first-order chi connectivity index (χ1) is 3.06. The van der Waals surface area contributed by atoms with Crippen LogP contribution in [0.1, 0.15) is 0 Å². The Morgan fingerprint density at radius 3 is 1.86 bits per heavy atom. The molecule has 0 aromatic rings. The molecule has 0 heterocycles. The average Bonchev–Trinajstić information content (AvgIpc) is 1.30. The fraction of sp³-hybridized carbons (Fsp3) is 0.333. The number of halogens is 4. The number of rotatable bonds is 1. The number of hydrogen-bond acceptors (Lipinski definition) is 0. The summed E-state index contributed by atoms with van der Waals surface area (Å²) in [7, 11) is 0. The predicted octanol–water partition coefficient (Wildman–Crippen LogP) is 2.84. The molecule has 0 spiro atoms. The summed E-state index contributed by atoms with van der Waals surface area (Å²) in [5.41, 5.74) is 0.917. The van der Waals surface area contributed by atoms with Gasteiger partial charge in [0.1, 0.15) is 0 Å². The molecule has 0 saturated carbocycles. The van der Waals surface area contributed by atoms with Crippen LogP contribution in [-0.2, 0) is 0 Å². The van der Waals surface area contributed by atoms with E-state index in [2.05, 4.69) is 0 Å². The molecular weight excluding hydrogens is 161 g/mol. The summed E-state index contributed by atoms with van der Waals surface area (Å²) >= 11 is 14.4. The average molecular weight is 163 g/mol. The van der Waals surface area contributed by atoms with Crippen LogP contribution in [0.3, 0.4) is 0 Å². The third-order valence-corrected chi connectivity index (χ3v) is 0.630. The van der Waals surface area contributed by atoms with Gasteiger partial charge in [-0.15, -0.1) is 0 Å². The molecule has 4 heteroatoms. The van der Waals surface area contributed by atoms with Crippen molar-refractivity contribution in [1.82, 2.24) is 0 Å². The van der Waals surface area contributed by atoms with E-state index in [0.717, 1.165) is 11.6 Å². The van der Waals surface area contributed by atoms with Crippen molar-refractivity contribution in [2.24, 2.45) is 0 Å². The number of allylic oxidation sites excluding steroid dienone is 1. The smallest absolute Gasteiger partial charge is 0.203 e. The highest BCUT2D eigenvalue weighted by Gasteiger charge is 2.15. The zero-order valence-electron chi connectivity index (χ0n) is 3.17. The lowest BCUT2D eigenvalue weighted by molar-refractivity contribution is 0.463. The summed E-state index contributed by atoms with van der Waals surface area (Å²) in [6.07, 6.45) is 0.817. The Morgan fingerprint density at radius 2 is 1.86 bits per heavy atom. The maximum absolute atomic E-state index is 11.7. The van der Waals surface area contributed by atoms with Crippen molar-refractivity contribution >= 4 is 34.8 Å². The summed E-state index contributed by atoms with van der Waals surface area (Å²) < 4.78 is 9.43. The van der Waals surface area contributed by atoms with E-state index in [9.17, 15) is 4.39 Å². The molecule has 0 aliphatic carbocycles. The zero-order chi connectivity index (χ0) is 5.91. The van der Waals surface area contributed by atoms with E-state index < -0.39 is 4.59 Å². The first-order valence-electron chi connectivity index (χ1n) is 1.41. The van der Waals surface area contributed by atoms with E-state index in [0.29, 0.717) is 0 Å². The second kappa shape index (κ2) is 2.75. The van der Waals surface area contributed by atoms with Crippen LogP contribution >= 0.6 is 34.8 Å². The molecule has 0 aromatic carbocycles. The normalized spacial score (nSPS) is 13.1. The van der Waals surface area contributed by atoms with Crippen LogP contribution in [0.4, 0.5) is 4.39 Å². The minimum atomic E-state index is -2.32. The summed E-state index contributed by atoms with van der Waals surface area (Å²) in [4.78, 5) is 0. The van der Waals surface area contributed by atoms with Crippen LogP contribution in [0.5, 0.6) is 0 Å². The van der Waals surface area contributed by atoms with E-state index in [1.54, 1.807) is 0 Å². The molecular formula is C3H2Cl3F. The Kier molecular flexibility index (Phi) is 2.96. The molecule has 0 aromatic heterocycles. The van der Waals surface area contributed by atoms with Gasteiger partial charge >= 0.3 is 0 Å². The van der Waals surface area contributed by atoms with Crippen molar-refractivity contribution in [2.45, 2.75) is 4.59 Å². The second-order valence-corrected chi connectivity index (χ2v) is 2.38. The molecule has 0 rings (SSSR count). The van der Waals surface area contributed by atoms with E-state index in [1.807, 2.05) is 0 Å². The highest BCUT2D eigenvalue weighted by molar-refractivity contribution is 6.48. The molecule has 42 valence electrons. The lowest BCUT2D eigenvalue weighted by Crippen LogP contribution is -1.94. The van der Waals surface area contributed by atoms with E-state index in [4.69, 9.17) is 34.8 Å². The van der Waals surface area contributed by atoms with Gasteiger partial charge in [-0.05, 0) is 6.08 Å². The zero-order valence-corrected chi connectivity index (χ0v) is 5.43. The molecule has 0 radical (unpaired) electrons. The van der Waals surface area contributed by atoms with Crippen LogP contribution in [-0.4, -0.2) is 4.59 Å². The fourth-order valence-electron chi connectivity index (χ4n) is 0.0714. The van der Waals surface area contributed by atoms with Gasteiger partial charge in [0, 0.05) is 5.54 Å².